The molecule has 3 aromatic heterocycles. The molecule has 3 aliphatic rings. The number of hydrogen-bond acceptors (Lipinski definition) is 7. The van der Waals surface area contributed by atoms with E-state index in [0.717, 1.165) is 42.6 Å². The van der Waals surface area contributed by atoms with Gasteiger partial charge in [-0.3, -0.25) is 4.98 Å². The Kier molecular flexibility index (Phi) is 5.40. The van der Waals surface area contributed by atoms with Gasteiger partial charge in [0, 0.05) is 6.20 Å². The lowest BCUT2D eigenvalue weighted by Gasteiger charge is -2.46. The van der Waals surface area contributed by atoms with Crippen molar-refractivity contribution in [1.29, 1.82) is 0 Å². The minimum Gasteiger partial charge on any atom is -0.443 e. The van der Waals surface area contributed by atoms with Crippen molar-refractivity contribution in [3.8, 4) is 22.8 Å². The maximum Gasteiger partial charge on any atom is 0.247 e. The summed E-state index contributed by atoms with van der Waals surface area (Å²) in [4.78, 5) is 13.7. The van der Waals surface area contributed by atoms with Crippen LogP contribution in [0.25, 0.3) is 22.8 Å². The van der Waals surface area contributed by atoms with Gasteiger partial charge in [-0.1, -0.05) is 19.9 Å². The first-order chi connectivity index (χ1) is 17.4. The van der Waals surface area contributed by atoms with Crippen LogP contribution < -0.4 is 0 Å². The fourth-order valence-corrected chi connectivity index (χ4v) is 5.57. The second-order valence-corrected chi connectivity index (χ2v) is 10.0. The third-order valence-corrected chi connectivity index (χ3v) is 7.57. The highest BCUT2D eigenvalue weighted by molar-refractivity contribution is 5.62. The van der Waals surface area contributed by atoms with Gasteiger partial charge in [0.2, 0.25) is 5.89 Å². The molecule has 7 rings (SSSR count). The molecule has 3 aliphatic carbocycles. The first kappa shape index (κ1) is 22.8. The Balaban J connectivity index is 1.41. The zero-order valence-electron chi connectivity index (χ0n) is 19.9. The fourth-order valence-electron chi connectivity index (χ4n) is 5.57. The number of fused-ring (bicyclic) bond motifs is 2. The number of aromatic nitrogens is 5. The smallest absolute Gasteiger partial charge is 0.247 e. The lowest BCUT2D eigenvalue weighted by Crippen LogP contribution is -2.41. The van der Waals surface area contributed by atoms with Gasteiger partial charge < -0.3 is 9.52 Å². The van der Waals surface area contributed by atoms with E-state index in [4.69, 9.17) is 9.40 Å². The Morgan fingerprint density at radius 1 is 1.03 bits per heavy atom. The van der Waals surface area contributed by atoms with Crippen LogP contribution in [0.4, 0.5) is 8.78 Å². The molecule has 36 heavy (non-hydrogen) atoms. The number of oxazole rings is 1. The van der Waals surface area contributed by atoms with Crippen LogP contribution in [-0.4, -0.2) is 30.3 Å². The van der Waals surface area contributed by atoms with Gasteiger partial charge in [-0.15, -0.1) is 5.10 Å². The van der Waals surface area contributed by atoms with Gasteiger partial charge >= 0.3 is 0 Å². The molecule has 0 radical (unpaired) electrons. The van der Waals surface area contributed by atoms with E-state index in [1.54, 1.807) is 18.5 Å². The molecule has 1 aromatic carbocycles. The molecule has 184 valence electrons. The lowest BCUT2D eigenvalue weighted by molar-refractivity contribution is 0.122. The second-order valence-electron chi connectivity index (χ2n) is 10.0. The first-order valence-electron chi connectivity index (χ1n) is 12.2. The number of nitrogens with zero attached hydrogens (tertiary/aromatic N) is 5. The summed E-state index contributed by atoms with van der Waals surface area (Å²) < 4.78 is 34.5. The number of aliphatic hydroxyl groups is 1. The maximum absolute atomic E-state index is 14.4. The second kappa shape index (κ2) is 8.51. The van der Waals surface area contributed by atoms with Crippen LogP contribution >= 0.6 is 0 Å². The van der Waals surface area contributed by atoms with Crippen LogP contribution in [0.15, 0.2) is 47.3 Å². The summed E-state index contributed by atoms with van der Waals surface area (Å²) in [7, 11) is 0. The molecule has 4 aromatic rings. The molecule has 2 bridgehead atoms. The van der Waals surface area contributed by atoms with E-state index in [9.17, 15) is 13.9 Å². The van der Waals surface area contributed by atoms with E-state index < -0.39 is 23.2 Å². The molecule has 3 heterocycles. The van der Waals surface area contributed by atoms with Crippen LogP contribution in [0, 0.1) is 17.6 Å². The highest BCUT2D eigenvalue weighted by Crippen LogP contribution is 2.55. The van der Waals surface area contributed by atoms with Gasteiger partial charge in [0.1, 0.15) is 35.4 Å². The molecular formula is C27H25F2N5O2. The molecule has 0 unspecified atom stereocenters. The van der Waals surface area contributed by atoms with Gasteiger partial charge in [0.25, 0.3) is 0 Å². The molecule has 1 saturated carbocycles. The normalized spacial score (nSPS) is 21.6. The van der Waals surface area contributed by atoms with Crippen molar-refractivity contribution in [3.05, 3.63) is 77.2 Å². The van der Waals surface area contributed by atoms with Crippen LogP contribution in [0.1, 0.15) is 74.2 Å². The molecule has 0 saturated heterocycles. The van der Waals surface area contributed by atoms with Crippen molar-refractivity contribution < 1.29 is 18.3 Å². The predicted octanol–water partition coefficient (Wildman–Crippen LogP) is 5.51. The standard InChI is InChI=1S/C27H25F2N5O2/c1-14(2)24(35)21-13-36-26(32-21)20-11-30-12-22(31-20)27-8-6-15(7-9-27)16-10-19(33-34-25(16)27)23-17(28)4-3-5-18(23)29/h3-5,10-15,24,35H,6-9H2,1-2H3/t15-,24-,27+/m1/s1. The monoisotopic (exact) mass is 489 g/mol. The van der Waals surface area contributed by atoms with E-state index in [1.165, 1.54) is 24.5 Å². The summed E-state index contributed by atoms with van der Waals surface area (Å²) in [5.41, 5.74) is 2.95. The van der Waals surface area contributed by atoms with E-state index >= 15 is 0 Å². The highest BCUT2D eigenvalue weighted by Gasteiger charge is 2.49. The fraction of sp³-hybridized carbons (Fsp3) is 0.370. The van der Waals surface area contributed by atoms with Gasteiger partial charge in [0.05, 0.1) is 34.3 Å². The summed E-state index contributed by atoms with van der Waals surface area (Å²) in [6, 6.07) is 5.57. The van der Waals surface area contributed by atoms with Crippen LogP contribution in [-0.2, 0) is 5.41 Å². The largest absolute Gasteiger partial charge is 0.443 e. The molecule has 1 fully saturated rings. The lowest BCUT2D eigenvalue weighted by atomic mass is 9.58. The summed E-state index contributed by atoms with van der Waals surface area (Å²) in [6.45, 7) is 3.81. The summed E-state index contributed by atoms with van der Waals surface area (Å²) in [6.07, 6.45) is 7.51. The van der Waals surface area contributed by atoms with Crippen LogP contribution in [0.5, 0.6) is 0 Å². The van der Waals surface area contributed by atoms with Gasteiger partial charge in [-0.25, -0.2) is 18.7 Å². The van der Waals surface area contributed by atoms with Crippen LogP contribution in [0.3, 0.4) is 0 Å². The Labute approximate surface area is 206 Å². The SMILES string of the molecule is CC(C)[C@@H](O)c1coc(-c2cncc([C@]34CC[C@H](CC3)c3cc(-c5c(F)cccc5F)nnc34)n2)n1. The average Bonchev–Trinajstić information content (AvgIpc) is 3.39. The zero-order valence-corrected chi connectivity index (χ0v) is 19.9. The highest BCUT2D eigenvalue weighted by atomic mass is 19.1. The molecule has 0 aliphatic heterocycles. The number of aliphatic hydroxyl groups excluding tert-OH is 1. The molecule has 1 atom stereocenters. The summed E-state index contributed by atoms with van der Waals surface area (Å²) >= 11 is 0. The third kappa shape index (κ3) is 3.52. The molecule has 1 N–H and O–H groups in total. The quantitative estimate of drug-likeness (QED) is 0.395. The Morgan fingerprint density at radius 3 is 2.50 bits per heavy atom. The Hall–Kier alpha value is -3.59. The van der Waals surface area contributed by atoms with Crippen molar-refractivity contribution in [2.24, 2.45) is 5.92 Å². The van der Waals surface area contributed by atoms with Gasteiger partial charge in [0.15, 0.2) is 0 Å². The number of benzene rings is 1. The zero-order chi connectivity index (χ0) is 25.0. The molecule has 0 amide bonds. The maximum atomic E-state index is 14.4. The van der Waals surface area contributed by atoms with E-state index in [2.05, 4.69) is 20.2 Å². The van der Waals surface area contributed by atoms with Crippen molar-refractivity contribution >= 4 is 0 Å². The molecular weight excluding hydrogens is 464 g/mol. The van der Waals surface area contributed by atoms with Crippen molar-refractivity contribution in [2.75, 3.05) is 0 Å². The molecule has 7 nitrogen and oxygen atoms in total. The summed E-state index contributed by atoms with van der Waals surface area (Å²) in [5, 5.41) is 19.1. The van der Waals surface area contributed by atoms with E-state index in [-0.39, 0.29) is 29.0 Å². The van der Waals surface area contributed by atoms with E-state index in [1.807, 2.05) is 13.8 Å². The molecule has 9 heteroatoms. The van der Waals surface area contributed by atoms with Crippen molar-refractivity contribution in [3.63, 3.8) is 0 Å². The number of halogens is 2. The molecule has 0 spiro atoms. The summed E-state index contributed by atoms with van der Waals surface area (Å²) in [5.74, 6) is -0.780. The minimum atomic E-state index is -0.735. The Morgan fingerprint density at radius 2 is 1.78 bits per heavy atom. The average molecular weight is 490 g/mol. The Bertz CT molecular complexity index is 1430. The minimum absolute atomic E-state index is 0.00511. The topological polar surface area (TPSA) is 97.8 Å². The van der Waals surface area contributed by atoms with E-state index in [0.29, 0.717) is 11.4 Å². The van der Waals surface area contributed by atoms with Crippen molar-refractivity contribution in [1.82, 2.24) is 25.1 Å². The van der Waals surface area contributed by atoms with Gasteiger partial charge in [-0.05, 0) is 61.3 Å². The van der Waals surface area contributed by atoms with Crippen molar-refractivity contribution in [2.45, 2.75) is 57.0 Å². The number of hydrogen-bond donors (Lipinski definition) is 1. The predicted molar refractivity (Wildman–Crippen MR) is 127 cm³/mol. The first-order valence-corrected chi connectivity index (χ1v) is 12.2. The van der Waals surface area contributed by atoms with Gasteiger partial charge in [-0.2, -0.15) is 5.10 Å². The third-order valence-electron chi connectivity index (χ3n) is 7.57. The van der Waals surface area contributed by atoms with Crippen LogP contribution in [0.2, 0.25) is 0 Å². The number of rotatable bonds is 5.